The molecule has 0 amide bonds. The van der Waals surface area contributed by atoms with Crippen LogP contribution in [0, 0.1) is 5.92 Å². The zero-order chi connectivity index (χ0) is 17.0. The van der Waals surface area contributed by atoms with Gasteiger partial charge in [0.15, 0.2) is 6.23 Å². The van der Waals surface area contributed by atoms with Gasteiger partial charge >= 0.3 is 5.97 Å². The molecule has 1 fully saturated rings. The predicted molar refractivity (Wildman–Crippen MR) is 77.5 cm³/mol. The van der Waals surface area contributed by atoms with Crippen LogP contribution in [0.2, 0.25) is 0 Å². The topological polar surface area (TPSA) is 146 Å². The van der Waals surface area contributed by atoms with Gasteiger partial charge < -0.3 is 35.2 Å². The number of aliphatic hydroxyl groups excluding tert-OH is 1. The van der Waals surface area contributed by atoms with Crippen LogP contribution >= 0.6 is 0 Å². The number of nitrogen functional groups attached to an aromatic ring is 1. The van der Waals surface area contributed by atoms with E-state index in [9.17, 15) is 14.7 Å². The highest BCUT2D eigenvalue weighted by Gasteiger charge is 2.45. The largest absolute Gasteiger partial charge is 0.465 e. The van der Waals surface area contributed by atoms with E-state index in [4.69, 9.17) is 15.2 Å². The molecule has 1 saturated heterocycles. The Bertz CT molecular complexity index is 584. The quantitative estimate of drug-likeness (QED) is 0.430. The maximum Gasteiger partial charge on any atom is 0.345 e. The van der Waals surface area contributed by atoms with Crippen LogP contribution in [0.3, 0.4) is 0 Å². The fourth-order valence-corrected chi connectivity index (χ4v) is 2.44. The molecule has 10 nitrogen and oxygen atoms in total. The van der Waals surface area contributed by atoms with Gasteiger partial charge in [0.2, 0.25) is 0 Å². The summed E-state index contributed by atoms with van der Waals surface area (Å²) in [5, 5.41) is 12.1. The van der Waals surface area contributed by atoms with Gasteiger partial charge in [0.1, 0.15) is 35.9 Å². The Morgan fingerprint density at radius 3 is 2.83 bits per heavy atom. The van der Waals surface area contributed by atoms with Crippen LogP contribution in [0.25, 0.3) is 0 Å². The smallest absolute Gasteiger partial charge is 0.345 e. The summed E-state index contributed by atoms with van der Waals surface area (Å²) in [5.41, 5.74) is 5.63. The summed E-state index contributed by atoms with van der Waals surface area (Å²) in [6, 6.07) is 0. The van der Waals surface area contributed by atoms with E-state index in [0.717, 1.165) is 0 Å². The molecule has 4 N–H and O–H groups in total. The average molecular weight is 326 g/mol. The summed E-state index contributed by atoms with van der Waals surface area (Å²) in [7, 11) is 2.61. The first kappa shape index (κ1) is 17.1. The van der Waals surface area contributed by atoms with Gasteiger partial charge in [0.25, 0.3) is 0 Å². The fourth-order valence-electron chi connectivity index (χ4n) is 2.44. The van der Waals surface area contributed by atoms with E-state index in [1.54, 1.807) is 0 Å². The number of esters is 1. The number of hydrogen-bond donors (Lipinski definition) is 3. The van der Waals surface area contributed by atoms with E-state index >= 15 is 0 Å². The van der Waals surface area contributed by atoms with Crippen LogP contribution in [0.4, 0.5) is 11.6 Å². The van der Waals surface area contributed by atoms with E-state index < -0.39 is 30.3 Å². The highest BCUT2D eigenvalue weighted by atomic mass is 16.6. The molecular weight excluding hydrogens is 308 g/mol. The number of rotatable bonds is 6. The lowest BCUT2D eigenvalue weighted by molar-refractivity contribution is -0.115. The number of nitrogens with zero attached hydrogens (tertiary/aromatic N) is 2. The Morgan fingerprint density at radius 1 is 1.52 bits per heavy atom. The van der Waals surface area contributed by atoms with Crippen LogP contribution in [0.5, 0.6) is 0 Å². The normalized spacial score (nSPS) is 26.7. The molecule has 0 bridgehead atoms. The van der Waals surface area contributed by atoms with Gasteiger partial charge in [-0.15, -0.1) is 0 Å². The van der Waals surface area contributed by atoms with Crippen LogP contribution in [0.15, 0.2) is 6.33 Å². The SMILES string of the molecule is COC(=O)c1c(N)ncnc1N[C@@H]1O[C@H](CO)[C@@H](C=O)[C@H]1OC. The number of anilines is 2. The third-order valence-electron chi connectivity index (χ3n) is 3.58. The maximum absolute atomic E-state index is 11.8. The molecule has 1 aromatic rings. The van der Waals surface area contributed by atoms with Crippen LogP contribution in [-0.4, -0.2) is 66.6 Å². The summed E-state index contributed by atoms with van der Waals surface area (Å²) in [6.07, 6.45) is -0.388. The van der Waals surface area contributed by atoms with E-state index in [-0.39, 0.29) is 23.8 Å². The summed E-state index contributed by atoms with van der Waals surface area (Å²) in [6.45, 7) is -0.350. The second-order valence-corrected chi connectivity index (χ2v) is 4.81. The number of hydrogen-bond acceptors (Lipinski definition) is 10. The number of carbonyl (C=O) groups is 2. The molecule has 4 atom stereocenters. The average Bonchev–Trinajstić information content (AvgIpc) is 2.90. The lowest BCUT2D eigenvalue weighted by atomic mass is 10.00. The van der Waals surface area contributed by atoms with Crippen LogP contribution in [-0.2, 0) is 19.0 Å². The van der Waals surface area contributed by atoms with Gasteiger partial charge in [-0.05, 0) is 0 Å². The molecule has 1 aliphatic heterocycles. The summed E-state index contributed by atoms with van der Waals surface area (Å²) < 4.78 is 15.5. The second kappa shape index (κ2) is 7.31. The van der Waals surface area contributed by atoms with Gasteiger partial charge in [0.05, 0.1) is 25.7 Å². The Labute approximate surface area is 131 Å². The minimum absolute atomic E-state index is 0.0523. The Kier molecular flexibility index (Phi) is 5.42. The summed E-state index contributed by atoms with van der Waals surface area (Å²) >= 11 is 0. The van der Waals surface area contributed by atoms with Crippen LogP contribution < -0.4 is 11.1 Å². The highest BCUT2D eigenvalue weighted by molar-refractivity contribution is 5.99. The molecular formula is C13H18N4O6. The molecule has 1 aliphatic rings. The second-order valence-electron chi connectivity index (χ2n) is 4.81. The van der Waals surface area contributed by atoms with Gasteiger partial charge in [-0.3, -0.25) is 0 Å². The first-order valence-corrected chi connectivity index (χ1v) is 6.77. The molecule has 0 saturated carbocycles. The minimum Gasteiger partial charge on any atom is -0.465 e. The number of carbonyl (C=O) groups excluding carboxylic acids is 2. The number of nitrogens with two attached hydrogens (primary N) is 1. The highest BCUT2D eigenvalue weighted by Crippen LogP contribution is 2.30. The van der Waals surface area contributed by atoms with Crippen molar-refractivity contribution in [1.29, 1.82) is 0 Å². The van der Waals surface area contributed by atoms with Crippen molar-refractivity contribution in [2.45, 2.75) is 18.4 Å². The van der Waals surface area contributed by atoms with Crippen molar-refractivity contribution >= 4 is 23.9 Å². The van der Waals surface area contributed by atoms with Crippen molar-refractivity contribution in [3.05, 3.63) is 11.9 Å². The molecule has 2 rings (SSSR count). The van der Waals surface area contributed by atoms with Gasteiger partial charge in [-0.1, -0.05) is 0 Å². The van der Waals surface area contributed by atoms with Gasteiger partial charge in [-0.25, -0.2) is 14.8 Å². The number of methoxy groups -OCH3 is 2. The van der Waals surface area contributed by atoms with Crippen molar-refractivity contribution in [2.24, 2.45) is 5.92 Å². The zero-order valence-corrected chi connectivity index (χ0v) is 12.6. The van der Waals surface area contributed by atoms with E-state index in [1.165, 1.54) is 20.5 Å². The lowest BCUT2D eigenvalue weighted by Crippen LogP contribution is -2.36. The zero-order valence-electron chi connectivity index (χ0n) is 12.6. The Hall–Kier alpha value is -2.30. The van der Waals surface area contributed by atoms with E-state index in [2.05, 4.69) is 20.0 Å². The number of aldehydes is 1. The number of nitrogens with one attached hydrogen (secondary N) is 1. The van der Waals surface area contributed by atoms with Crippen molar-refractivity contribution in [3.8, 4) is 0 Å². The molecule has 23 heavy (non-hydrogen) atoms. The van der Waals surface area contributed by atoms with E-state index in [0.29, 0.717) is 6.29 Å². The molecule has 126 valence electrons. The number of aliphatic hydroxyl groups is 1. The standard InChI is InChI=1S/C13H18N4O6/c1-21-9-6(3-18)7(4-19)23-12(9)17-11-8(13(20)22-2)10(14)15-5-16-11/h3,5-7,9,12,19H,4H2,1-2H3,(H3,14,15,16,17)/t6-,7-,9-,12-/m1/s1. The first-order valence-electron chi connectivity index (χ1n) is 6.77. The van der Waals surface area contributed by atoms with Crippen molar-refractivity contribution in [3.63, 3.8) is 0 Å². The lowest BCUT2D eigenvalue weighted by Gasteiger charge is -2.21. The van der Waals surface area contributed by atoms with E-state index in [1.807, 2.05) is 0 Å². The van der Waals surface area contributed by atoms with Crippen molar-refractivity contribution in [1.82, 2.24) is 9.97 Å². The van der Waals surface area contributed by atoms with Crippen molar-refractivity contribution < 1.29 is 28.9 Å². The molecule has 1 aromatic heterocycles. The predicted octanol–water partition coefficient (Wildman–Crippen LogP) is -1.20. The summed E-state index contributed by atoms with van der Waals surface area (Å²) in [5.74, 6) is -1.36. The minimum atomic E-state index is -0.815. The molecule has 0 unspecified atom stereocenters. The third-order valence-corrected chi connectivity index (χ3v) is 3.58. The third kappa shape index (κ3) is 3.23. The fraction of sp³-hybridized carbons (Fsp3) is 0.538. The Morgan fingerprint density at radius 2 is 2.26 bits per heavy atom. The first-order chi connectivity index (χ1) is 11.1. The number of aromatic nitrogens is 2. The molecule has 2 heterocycles. The monoisotopic (exact) mass is 326 g/mol. The molecule has 0 radical (unpaired) electrons. The van der Waals surface area contributed by atoms with Gasteiger partial charge in [0, 0.05) is 7.11 Å². The molecule has 0 spiro atoms. The molecule has 10 heteroatoms. The van der Waals surface area contributed by atoms with Gasteiger partial charge in [-0.2, -0.15) is 0 Å². The molecule has 0 aromatic carbocycles. The molecule has 0 aliphatic carbocycles. The summed E-state index contributed by atoms with van der Waals surface area (Å²) in [4.78, 5) is 30.7. The number of ether oxygens (including phenoxy) is 3. The maximum atomic E-state index is 11.8. The van der Waals surface area contributed by atoms with Crippen LogP contribution in [0.1, 0.15) is 10.4 Å². The Balaban J connectivity index is 2.30. The van der Waals surface area contributed by atoms with Crippen molar-refractivity contribution in [2.75, 3.05) is 31.9 Å².